The number of hydrogen-bond donors (Lipinski definition) is 1. The van der Waals surface area contributed by atoms with Gasteiger partial charge in [0, 0.05) is 0 Å². The van der Waals surface area contributed by atoms with Crippen LogP contribution in [0.1, 0.15) is 24.8 Å². The number of benzene rings is 1. The molecule has 3 heteroatoms. The Labute approximate surface area is 95.0 Å². The molecule has 86 valence electrons. The van der Waals surface area contributed by atoms with Gasteiger partial charge in [-0.25, -0.2) is 0 Å². The Hall–Kier alpha value is -1.35. The average Bonchev–Trinajstić information content (AvgIpc) is 3.11. The molecule has 1 atom stereocenters. The van der Waals surface area contributed by atoms with Gasteiger partial charge in [0.25, 0.3) is 0 Å². The third-order valence-corrected chi connectivity index (χ3v) is 2.78. The third-order valence-electron chi connectivity index (χ3n) is 2.78. The molecule has 0 aliphatic heterocycles. The molecule has 3 nitrogen and oxygen atoms in total. The summed E-state index contributed by atoms with van der Waals surface area (Å²) in [5.41, 5.74) is 0.969. The number of rotatable bonds is 5. The minimum Gasteiger partial charge on any atom is -0.461 e. The summed E-state index contributed by atoms with van der Waals surface area (Å²) in [4.78, 5) is 11.4. The van der Waals surface area contributed by atoms with Crippen molar-refractivity contribution in [1.29, 1.82) is 0 Å². The Morgan fingerprint density at radius 2 is 2.06 bits per heavy atom. The van der Waals surface area contributed by atoms with Gasteiger partial charge < -0.3 is 9.84 Å². The summed E-state index contributed by atoms with van der Waals surface area (Å²) in [6, 6.07) is 9.54. The lowest BCUT2D eigenvalue weighted by atomic mass is 10.2. The number of aliphatic hydroxyl groups is 1. The zero-order valence-electron chi connectivity index (χ0n) is 9.13. The van der Waals surface area contributed by atoms with E-state index in [9.17, 15) is 9.90 Å². The van der Waals surface area contributed by atoms with Crippen molar-refractivity contribution in [3.8, 4) is 0 Å². The van der Waals surface area contributed by atoms with Crippen molar-refractivity contribution in [3.63, 3.8) is 0 Å². The van der Waals surface area contributed by atoms with Crippen LogP contribution in [-0.4, -0.2) is 17.2 Å². The lowest BCUT2D eigenvalue weighted by Gasteiger charge is -2.09. The number of hydrogen-bond acceptors (Lipinski definition) is 3. The van der Waals surface area contributed by atoms with Gasteiger partial charge in [-0.2, -0.15) is 0 Å². The Bertz CT molecular complexity index is 343. The van der Waals surface area contributed by atoms with Crippen molar-refractivity contribution in [2.75, 3.05) is 0 Å². The molecule has 1 N–H and O–H groups in total. The normalized spacial score (nSPS) is 16.8. The molecule has 16 heavy (non-hydrogen) atoms. The molecule has 2 rings (SSSR count). The summed E-state index contributed by atoms with van der Waals surface area (Å²) >= 11 is 0. The van der Waals surface area contributed by atoms with E-state index < -0.39 is 6.10 Å². The van der Waals surface area contributed by atoms with Gasteiger partial charge in [0.05, 0.1) is 12.5 Å². The van der Waals surface area contributed by atoms with E-state index in [-0.39, 0.29) is 19.0 Å². The van der Waals surface area contributed by atoms with Crippen LogP contribution in [-0.2, 0) is 16.1 Å². The van der Waals surface area contributed by atoms with Crippen molar-refractivity contribution < 1.29 is 14.6 Å². The maximum atomic E-state index is 11.4. The Balaban J connectivity index is 1.71. The van der Waals surface area contributed by atoms with Gasteiger partial charge in [-0.1, -0.05) is 30.3 Å². The topological polar surface area (TPSA) is 46.5 Å². The molecule has 1 unspecified atom stereocenters. The van der Waals surface area contributed by atoms with Gasteiger partial charge in [0.15, 0.2) is 0 Å². The first kappa shape index (κ1) is 11.1. The van der Waals surface area contributed by atoms with E-state index >= 15 is 0 Å². The van der Waals surface area contributed by atoms with Gasteiger partial charge in [0.1, 0.15) is 6.61 Å². The SMILES string of the molecule is O=C(CC(O)C1CC1)OCc1ccccc1. The highest BCUT2D eigenvalue weighted by Crippen LogP contribution is 2.33. The van der Waals surface area contributed by atoms with E-state index in [4.69, 9.17) is 4.74 Å². The molecule has 0 saturated heterocycles. The summed E-state index contributed by atoms with van der Waals surface area (Å²) in [7, 11) is 0. The molecule has 0 aromatic heterocycles. The van der Waals surface area contributed by atoms with Crippen LogP contribution in [0.25, 0.3) is 0 Å². The van der Waals surface area contributed by atoms with Gasteiger partial charge in [-0.05, 0) is 24.3 Å². The molecule has 0 radical (unpaired) electrons. The summed E-state index contributed by atoms with van der Waals surface area (Å²) in [5.74, 6) is 0.00697. The van der Waals surface area contributed by atoms with Crippen molar-refractivity contribution in [1.82, 2.24) is 0 Å². The predicted molar refractivity (Wildman–Crippen MR) is 59.6 cm³/mol. The second-order valence-corrected chi connectivity index (χ2v) is 4.26. The largest absolute Gasteiger partial charge is 0.461 e. The number of aliphatic hydroxyl groups excluding tert-OH is 1. The zero-order chi connectivity index (χ0) is 11.4. The number of carbonyl (C=O) groups is 1. The third kappa shape index (κ3) is 3.35. The molecule has 1 aliphatic carbocycles. The number of esters is 1. The van der Waals surface area contributed by atoms with E-state index in [1.165, 1.54) is 0 Å². The molecule has 0 bridgehead atoms. The van der Waals surface area contributed by atoms with Crippen LogP contribution < -0.4 is 0 Å². The minimum absolute atomic E-state index is 0.123. The smallest absolute Gasteiger partial charge is 0.308 e. The van der Waals surface area contributed by atoms with Crippen LogP contribution in [0.15, 0.2) is 30.3 Å². The maximum absolute atomic E-state index is 11.4. The molecular formula is C13H16O3. The van der Waals surface area contributed by atoms with E-state index in [1.54, 1.807) is 0 Å². The van der Waals surface area contributed by atoms with Gasteiger partial charge >= 0.3 is 5.97 Å². The van der Waals surface area contributed by atoms with Crippen molar-refractivity contribution in [3.05, 3.63) is 35.9 Å². The maximum Gasteiger partial charge on any atom is 0.308 e. The molecule has 1 aliphatic rings. The Morgan fingerprint density at radius 3 is 2.69 bits per heavy atom. The molecule has 1 saturated carbocycles. The van der Waals surface area contributed by atoms with Gasteiger partial charge in [-0.15, -0.1) is 0 Å². The predicted octanol–water partition coefficient (Wildman–Crippen LogP) is 1.89. The Kier molecular flexibility index (Phi) is 3.57. The van der Waals surface area contributed by atoms with E-state index in [0.29, 0.717) is 5.92 Å². The van der Waals surface area contributed by atoms with Crippen LogP contribution in [0.5, 0.6) is 0 Å². The summed E-state index contributed by atoms with van der Waals surface area (Å²) in [6.45, 7) is 0.289. The number of ether oxygens (including phenoxy) is 1. The zero-order valence-corrected chi connectivity index (χ0v) is 9.13. The second kappa shape index (κ2) is 5.12. The lowest BCUT2D eigenvalue weighted by molar-refractivity contribution is -0.147. The van der Waals surface area contributed by atoms with E-state index in [1.807, 2.05) is 30.3 Å². The molecular weight excluding hydrogens is 204 g/mol. The van der Waals surface area contributed by atoms with Crippen molar-refractivity contribution >= 4 is 5.97 Å². The van der Waals surface area contributed by atoms with Crippen molar-refractivity contribution in [2.45, 2.75) is 32.0 Å². The molecule has 1 fully saturated rings. The minimum atomic E-state index is -0.511. The average molecular weight is 220 g/mol. The standard InChI is InChI=1S/C13H16O3/c14-12(11-6-7-11)8-13(15)16-9-10-4-2-1-3-5-10/h1-5,11-12,14H,6-9H2. The fraction of sp³-hybridized carbons (Fsp3) is 0.462. The fourth-order valence-electron chi connectivity index (χ4n) is 1.62. The van der Waals surface area contributed by atoms with Crippen LogP contribution in [0.3, 0.4) is 0 Å². The van der Waals surface area contributed by atoms with Crippen LogP contribution in [0.2, 0.25) is 0 Å². The summed E-state index contributed by atoms with van der Waals surface area (Å²) < 4.78 is 5.08. The highest BCUT2D eigenvalue weighted by molar-refractivity contribution is 5.70. The molecule has 0 amide bonds. The van der Waals surface area contributed by atoms with Gasteiger partial charge in [0.2, 0.25) is 0 Å². The highest BCUT2D eigenvalue weighted by atomic mass is 16.5. The van der Waals surface area contributed by atoms with Crippen LogP contribution >= 0.6 is 0 Å². The first-order valence-corrected chi connectivity index (χ1v) is 5.63. The van der Waals surface area contributed by atoms with Crippen LogP contribution in [0, 0.1) is 5.92 Å². The Morgan fingerprint density at radius 1 is 1.38 bits per heavy atom. The van der Waals surface area contributed by atoms with E-state index in [0.717, 1.165) is 18.4 Å². The summed E-state index contributed by atoms with van der Waals surface area (Å²) in [6.07, 6.45) is 1.68. The summed E-state index contributed by atoms with van der Waals surface area (Å²) in [5, 5.41) is 9.56. The lowest BCUT2D eigenvalue weighted by Crippen LogP contribution is -2.17. The molecule has 0 heterocycles. The molecule has 1 aromatic rings. The highest BCUT2D eigenvalue weighted by Gasteiger charge is 2.31. The monoisotopic (exact) mass is 220 g/mol. The first-order chi connectivity index (χ1) is 7.75. The second-order valence-electron chi connectivity index (χ2n) is 4.26. The van der Waals surface area contributed by atoms with E-state index in [2.05, 4.69) is 0 Å². The fourth-order valence-corrected chi connectivity index (χ4v) is 1.62. The molecule has 0 spiro atoms. The molecule has 1 aromatic carbocycles. The van der Waals surface area contributed by atoms with Gasteiger partial charge in [-0.3, -0.25) is 4.79 Å². The van der Waals surface area contributed by atoms with Crippen LogP contribution in [0.4, 0.5) is 0 Å². The number of carbonyl (C=O) groups excluding carboxylic acids is 1. The van der Waals surface area contributed by atoms with Crippen molar-refractivity contribution in [2.24, 2.45) is 5.92 Å². The first-order valence-electron chi connectivity index (χ1n) is 5.63. The quantitative estimate of drug-likeness (QED) is 0.771.